The second-order valence-electron chi connectivity index (χ2n) is 2.42. The highest BCUT2D eigenvalue weighted by Crippen LogP contribution is 2.12. The summed E-state index contributed by atoms with van der Waals surface area (Å²) in [7, 11) is 0. The lowest BCUT2D eigenvalue weighted by Gasteiger charge is -2.13. The first kappa shape index (κ1) is 9.56. The third-order valence-corrected chi connectivity index (χ3v) is 1.48. The first-order valence-electron chi connectivity index (χ1n) is 3.35. The highest BCUT2D eigenvalue weighted by Gasteiger charge is 2.25. The van der Waals surface area contributed by atoms with Crippen LogP contribution in [0.1, 0.15) is 0 Å². The summed E-state index contributed by atoms with van der Waals surface area (Å²) in [6.07, 6.45) is 0. The van der Waals surface area contributed by atoms with Crippen molar-refractivity contribution in [2.75, 3.05) is 0 Å². The number of nitro groups is 1. The molecule has 7 heteroatoms. The number of rotatable bonds is 2. The second kappa shape index (κ2) is 3.08. The summed E-state index contributed by atoms with van der Waals surface area (Å²) >= 11 is 0. The number of halogens is 3. The van der Waals surface area contributed by atoms with E-state index in [0.717, 1.165) is 12.1 Å². The van der Waals surface area contributed by atoms with Crippen LogP contribution in [0.2, 0.25) is 0 Å². The number of nitrogens with zero attached hydrogens (tertiary/aromatic N) is 1. The van der Waals surface area contributed by atoms with Crippen molar-refractivity contribution in [3.63, 3.8) is 0 Å². The zero-order valence-electron chi connectivity index (χ0n) is 6.28. The van der Waals surface area contributed by atoms with Gasteiger partial charge < -0.3 is 12.9 Å². The van der Waals surface area contributed by atoms with Gasteiger partial charge in [-0.05, 0) is 0 Å². The lowest BCUT2D eigenvalue weighted by Crippen LogP contribution is -2.33. The van der Waals surface area contributed by atoms with Crippen LogP contribution in [0.25, 0.3) is 0 Å². The van der Waals surface area contributed by atoms with E-state index in [1.54, 1.807) is 0 Å². The van der Waals surface area contributed by atoms with Gasteiger partial charge in [0.15, 0.2) is 0 Å². The molecule has 0 heterocycles. The molecule has 0 bridgehead atoms. The van der Waals surface area contributed by atoms with E-state index >= 15 is 0 Å². The molecule has 0 aliphatic carbocycles. The standard InChI is InChI=1S/C6H4BF3NO2/c8-7(9,10)5-1-3-6(4-2-5)11(12)13/h1-4H/q-1. The van der Waals surface area contributed by atoms with Crippen LogP contribution in [-0.2, 0) is 0 Å². The molecular weight excluding hydrogens is 186 g/mol. The fourth-order valence-electron chi connectivity index (χ4n) is 0.814. The normalized spacial score (nSPS) is 11.3. The first-order valence-corrected chi connectivity index (χ1v) is 3.35. The molecule has 0 aromatic heterocycles. The van der Waals surface area contributed by atoms with Gasteiger partial charge in [-0.25, -0.2) is 0 Å². The van der Waals surface area contributed by atoms with Gasteiger partial charge in [0.1, 0.15) is 0 Å². The number of benzene rings is 1. The Balaban J connectivity index is 3.01. The molecule has 3 nitrogen and oxygen atoms in total. The number of non-ortho nitro benzene ring substituents is 1. The van der Waals surface area contributed by atoms with Gasteiger partial charge in [-0.2, -0.15) is 0 Å². The van der Waals surface area contributed by atoms with Crippen LogP contribution in [0.5, 0.6) is 0 Å². The summed E-state index contributed by atoms with van der Waals surface area (Å²) in [5, 5.41) is 10.1. The molecule has 0 amide bonds. The van der Waals surface area contributed by atoms with Gasteiger partial charge in [-0.15, -0.1) is 5.46 Å². The van der Waals surface area contributed by atoms with Crippen molar-refractivity contribution in [1.82, 2.24) is 0 Å². The average molecular weight is 190 g/mol. The van der Waals surface area contributed by atoms with Crippen LogP contribution >= 0.6 is 0 Å². The molecule has 0 saturated heterocycles. The van der Waals surface area contributed by atoms with Crippen molar-refractivity contribution in [1.29, 1.82) is 0 Å². The van der Waals surface area contributed by atoms with Gasteiger partial charge >= 0.3 is 6.98 Å². The predicted molar refractivity (Wildman–Crippen MR) is 41.8 cm³/mol. The van der Waals surface area contributed by atoms with Gasteiger partial charge in [0.05, 0.1) is 4.92 Å². The predicted octanol–water partition coefficient (Wildman–Crippen LogP) is 1.65. The summed E-state index contributed by atoms with van der Waals surface area (Å²) in [5.41, 5.74) is -1.17. The number of hydrogen-bond donors (Lipinski definition) is 0. The fraction of sp³-hybridized carbons (Fsp3) is 0. The summed E-state index contributed by atoms with van der Waals surface area (Å²) in [5.74, 6) is 0. The van der Waals surface area contributed by atoms with Crippen LogP contribution in [0, 0.1) is 10.1 Å². The lowest BCUT2D eigenvalue weighted by molar-refractivity contribution is -0.384. The molecule has 0 radical (unpaired) electrons. The van der Waals surface area contributed by atoms with Crippen molar-refractivity contribution in [2.24, 2.45) is 0 Å². The average Bonchev–Trinajstić information content (AvgIpc) is 2.03. The highest BCUT2D eigenvalue weighted by molar-refractivity contribution is 6.73. The topological polar surface area (TPSA) is 43.1 Å². The van der Waals surface area contributed by atoms with Crippen LogP contribution in [-0.4, -0.2) is 11.9 Å². The molecule has 0 saturated carbocycles. The van der Waals surface area contributed by atoms with Crippen molar-refractivity contribution >= 4 is 18.1 Å². The lowest BCUT2D eigenvalue weighted by atomic mass is 9.80. The molecule has 0 aliphatic rings. The zero-order valence-corrected chi connectivity index (χ0v) is 6.28. The molecular formula is C6H4BF3NO2-. The summed E-state index contributed by atoms with van der Waals surface area (Å²) < 4.78 is 36.0. The van der Waals surface area contributed by atoms with Gasteiger partial charge in [0.25, 0.3) is 5.69 Å². The van der Waals surface area contributed by atoms with E-state index in [1.807, 2.05) is 0 Å². The molecule has 0 N–H and O–H groups in total. The van der Waals surface area contributed by atoms with Crippen LogP contribution in [0.4, 0.5) is 18.6 Å². The van der Waals surface area contributed by atoms with Crippen molar-refractivity contribution < 1.29 is 17.9 Å². The SMILES string of the molecule is O=[N+]([O-])c1ccc([B-](F)(F)F)cc1. The van der Waals surface area contributed by atoms with E-state index in [-0.39, 0.29) is 5.69 Å². The monoisotopic (exact) mass is 190 g/mol. The quantitative estimate of drug-likeness (QED) is 0.404. The Morgan fingerprint density at radius 1 is 1.15 bits per heavy atom. The summed E-state index contributed by atoms with van der Waals surface area (Å²) in [6, 6.07) is 3.09. The molecule has 0 unspecified atom stereocenters. The summed E-state index contributed by atoms with van der Waals surface area (Å²) in [6.45, 7) is -5.06. The number of hydrogen-bond acceptors (Lipinski definition) is 2. The van der Waals surface area contributed by atoms with Crippen molar-refractivity contribution in [3.05, 3.63) is 34.4 Å². The third-order valence-electron chi connectivity index (χ3n) is 1.48. The smallest absolute Gasteiger partial charge is 0.445 e. The molecule has 0 spiro atoms. The Hall–Kier alpha value is -1.53. The Bertz CT molecular complexity index is 322. The summed E-state index contributed by atoms with van der Waals surface area (Å²) in [4.78, 5) is 9.35. The Labute approximate surface area is 71.4 Å². The minimum absolute atomic E-state index is 0.344. The van der Waals surface area contributed by atoms with Gasteiger partial charge in [-0.3, -0.25) is 10.1 Å². The van der Waals surface area contributed by atoms with E-state index < -0.39 is 17.4 Å². The highest BCUT2D eigenvalue weighted by atomic mass is 19.4. The van der Waals surface area contributed by atoms with Gasteiger partial charge in [-0.1, -0.05) is 12.1 Å². The van der Waals surface area contributed by atoms with E-state index in [0.29, 0.717) is 12.1 Å². The van der Waals surface area contributed by atoms with Gasteiger partial charge in [0.2, 0.25) is 0 Å². The Morgan fingerprint density at radius 2 is 1.62 bits per heavy atom. The molecule has 0 atom stereocenters. The molecule has 1 aromatic rings. The largest absolute Gasteiger partial charge is 0.509 e. The van der Waals surface area contributed by atoms with Crippen molar-refractivity contribution in [3.8, 4) is 0 Å². The maximum atomic E-state index is 12.0. The molecule has 0 fully saturated rings. The van der Waals surface area contributed by atoms with E-state index in [9.17, 15) is 23.1 Å². The Morgan fingerprint density at radius 3 is 1.92 bits per heavy atom. The molecule has 1 rings (SSSR count). The van der Waals surface area contributed by atoms with Crippen molar-refractivity contribution in [2.45, 2.75) is 0 Å². The molecule has 70 valence electrons. The van der Waals surface area contributed by atoms with Gasteiger partial charge in [0, 0.05) is 12.1 Å². The number of nitro benzene ring substituents is 1. The maximum Gasteiger partial charge on any atom is 0.509 e. The van der Waals surface area contributed by atoms with E-state index in [1.165, 1.54) is 0 Å². The van der Waals surface area contributed by atoms with E-state index in [2.05, 4.69) is 0 Å². The minimum atomic E-state index is -5.06. The molecule has 0 aliphatic heterocycles. The van der Waals surface area contributed by atoms with Crippen LogP contribution in [0.15, 0.2) is 24.3 Å². The molecule has 1 aromatic carbocycles. The maximum absolute atomic E-state index is 12.0. The van der Waals surface area contributed by atoms with E-state index in [4.69, 9.17) is 0 Å². The van der Waals surface area contributed by atoms with Crippen LogP contribution < -0.4 is 5.46 Å². The van der Waals surface area contributed by atoms with Crippen LogP contribution in [0.3, 0.4) is 0 Å². The zero-order chi connectivity index (χ0) is 10.1. The fourth-order valence-corrected chi connectivity index (χ4v) is 0.814. The third kappa shape index (κ3) is 2.20. The second-order valence-corrected chi connectivity index (χ2v) is 2.42. The molecule has 13 heavy (non-hydrogen) atoms. The minimum Gasteiger partial charge on any atom is -0.445 e. The Kier molecular flexibility index (Phi) is 2.27. The first-order chi connectivity index (χ1) is 5.91.